The number of unbranched alkanes of at least 4 members (excludes halogenated alkanes) is 3. The molecule has 2 aromatic heterocycles. The number of anilines is 1. The Bertz CT molecular complexity index is 1290. The highest BCUT2D eigenvalue weighted by atomic mass is 32.2. The van der Waals surface area contributed by atoms with Gasteiger partial charge in [-0.3, -0.25) is 0 Å². The molecule has 1 saturated heterocycles. The summed E-state index contributed by atoms with van der Waals surface area (Å²) < 4.78 is 6.93. The van der Waals surface area contributed by atoms with Crippen molar-refractivity contribution in [1.82, 2.24) is 14.6 Å². The minimum Gasteiger partial charge on any atom is -0.478 e. The van der Waals surface area contributed by atoms with E-state index in [-0.39, 0.29) is 5.56 Å². The summed E-state index contributed by atoms with van der Waals surface area (Å²) in [5, 5.41) is 15.6. The lowest BCUT2D eigenvalue weighted by Gasteiger charge is -2.33. The summed E-state index contributed by atoms with van der Waals surface area (Å²) in [7, 11) is 1.78. The van der Waals surface area contributed by atoms with Crippen LogP contribution in [-0.4, -0.2) is 63.5 Å². The smallest absolute Gasteiger partial charge is 0.335 e. The maximum Gasteiger partial charge on any atom is 0.335 e. The molecule has 0 unspecified atom stereocenters. The lowest BCUT2D eigenvalue weighted by Crippen LogP contribution is -2.34. The number of piperidine rings is 1. The van der Waals surface area contributed by atoms with Gasteiger partial charge in [0.2, 0.25) is 4.96 Å². The molecule has 3 heterocycles. The molecule has 0 saturated carbocycles. The van der Waals surface area contributed by atoms with Crippen molar-refractivity contribution in [2.75, 3.05) is 37.5 Å². The fourth-order valence-corrected chi connectivity index (χ4v) is 6.92. The van der Waals surface area contributed by atoms with Gasteiger partial charge in [0.05, 0.1) is 17.5 Å². The summed E-state index contributed by atoms with van der Waals surface area (Å²) in [6, 6.07) is 15.5. The number of nitrogens with zero attached hydrogens (tertiary/aromatic N) is 4. The molecule has 1 aliphatic rings. The van der Waals surface area contributed by atoms with E-state index in [1.807, 2.05) is 6.20 Å². The first-order valence-electron chi connectivity index (χ1n) is 13.3. The maximum atomic E-state index is 11.1. The van der Waals surface area contributed by atoms with Crippen LogP contribution >= 0.6 is 23.1 Å². The predicted molar refractivity (Wildman–Crippen MR) is 157 cm³/mol. The first kappa shape index (κ1) is 26.7. The largest absolute Gasteiger partial charge is 0.478 e. The van der Waals surface area contributed by atoms with E-state index < -0.39 is 5.97 Å². The third kappa shape index (κ3) is 6.57. The number of benzene rings is 2. The lowest BCUT2D eigenvalue weighted by molar-refractivity contribution is 0.0697. The summed E-state index contributed by atoms with van der Waals surface area (Å²) in [5.74, 6) is 0.348. The molecular formula is C29H34N4O3S2. The second kappa shape index (κ2) is 12.8. The summed E-state index contributed by atoms with van der Waals surface area (Å²) in [4.78, 5) is 19.1. The van der Waals surface area contributed by atoms with Crippen LogP contribution in [0.5, 0.6) is 0 Å². The van der Waals surface area contributed by atoms with Crippen LogP contribution in [0.1, 0.15) is 48.9 Å². The highest BCUT2D eigenvalue weighted by Crippen LogP contribution is 2.31. The first-order chi connectivity index (χ1) is 18.6. The van der Waals surface area contributed by atoms with Gasteiger partial charge >= 0.3 is 5.97 Å². The molecule has 1 aliphatic heterocycles. The number of imidazole rings is 1. The number of fused-ring (bicyclic) bond motifs is 1. The summed E-state index contributed by atoms with van der Waals surface area (Å²) in [6.45, 7) is 3.12. The van der Waals surface area contributed by atoms with E-state index in [0.717, 1.165) is 51.7 Å². The van der Waals surface area contributed by atoms with Crippen molar-refractivity contribution in [1.29, 1.82) is 0 Å². The molecule has 0 bridgehead atoms. The summed E-state index contributed by atoms with van der Waals surface area (Å²) in [6.07, 6.45) is 9.49. The number of hydrogen-bond acceptors (Lipinski definition) is 7. The predicted octanol–water partition coefficient (Wildman–Crippen LogP) is 6.73. The van der Waals surface area contributed by atoms with Crippen molar-refractivity contribution in [3.05, 3.63) is 60.3 Å². The first-order valence-corrected chi connectivity index (χ1v) is 15.1. The topological polar surface area (TPSA) is 80.0 Å². The van der Waals surface area contributed by atoms with Gasteiger partial charge in [-0.2, -0.15) is 16.9 Å². The number of hydrogen-bond donors (Lipinski definition) is 1. The van der Waals surface area contributed by atoms with Crippen molar-refractivity contribution in [2.45, 2.75) is 43.8 Å². The number of ether oxygens (including phenoxy) is 1. The Morgan fingerprint density at radius 2 is 1.74 bits per heavy atom. The number of carboxylic acids is 1. The number of methoxy groups -OCH3 is 1. The number of carbonyl (C=O) groups is 1. The minimum absolute atomic E-state index is 0.266. The van der Waals surface area contributed by atoms with Crippen molar-refractivity contribution >= 4 is 39.7 Å². The van der Waals surface area contributed by atoms with E-state index in [0.29, 0.717) is 0 Å². The molecule has 0 spiro atoms. The highest BCUT2D eigenvalue weighted by molar-refractivity contribution is 7.99. The molecule has 0 atom stereocenters. The van der Waals surface area contributed by atoms with Gasteiger partial charge < -0.3 is 14.7 Å². The Labute approximate surface area is 231 Å². The quantitative estimate of drug-likeness (QED) is 0.196. The average molecular weight is 551 g/mol. The van der Waals surface area contributed by atoms with Crippen LogP contribution in [0.15, 0.2) is 54.7 Å². The van der Waals surface area contributed by atoms with Crippen LogP contribution < -0.4 is 4.90 Å². The van der Waals surface area contributed by atoms with Gasteiger partial charge in [0.1, 0.15) is 5.01 Å². The molecule has 9 heteroatoms. The Balaban J connectivity index is 1.12. The monoisotopic (exact) mass is 550 g/mol. The second-order valence-corrected chi connectivity index (χ2v) is 12.0. The second-order valence-electron chi connectivity index (χ2n) is 9.65. The number of aromatic carboxylic acids is 1. The average Bonchev–Trinajstić information content (AvgIpc) is 3.53. The Morgan fingerprint density at radius 1 is 1.03 bits per heavy atom. The zero-order valence-electron chi connectivity index (χ0n) is 21.7. The standard InChI is InChI=1S/C29H34N4O3S2/c1-36-18-4-2-3-5-19-37-25-14-16-32(17-15-25)24-12-10-22(11-13-24)27-31-33-20-26(30-29(33)38-27)21-6-8-23(9-7-21)28(34)35/h6-13,20,25H,2-5,14-19H2,1H3,(H,34,35). The third-order valence-corrected chi connectivity index (χ3v) is 9.43. The molecule has 1 N–H and O–H groups in total. The van der Waals surface area contributed by atoms with E-state index in [2.05, 4.69) is 40.9 Å². The Morgan fingerprint density at radius 3 is 2.42 bits per heavy atom. The van der Waals surface area contributed by atoms with Gasteiger partial charge in [-0.25, -0.2) is 14.3 Å². The number of aromatic nitrogens is 3. The molecule has 1 fully saturated rings. The minimum atomic E-state index is -0.932. The number of rotatable bonds is 12. The SMILES string of the molecule is COCCCCCCSC1CCN(c2ccc(-c3nn4cc(-c5ccc(C(=O)O)cc5)nc4s3)cc2)CC1. The molecule has 2 aromatic carbocycles. The fraction of sp³-hybridized carbons (Fsp3) is 0.414. The van der Waals surface area contributed by atoms with Gasteiger partial charge in [0, 0.05) is 48.9 Å². The van der Waals surface area contributed by atoms with Crippen LogP contribution in [0.4, 0.5) is 5.69 Å². The molecule has 0 aliphatic carbocycles. The zero-order valence-corrected chi connectivity index (χ0v) is 23.3. The van der Waals surface area contributed by atoms with E-state index in [9.17, 15) is 4.79 Å². The third-order valence-electron chi connectivity index (χ3n) is 6.99. The molecule has 0 radical (unpaired) electrons. The molecule has 0 amide bonds. The molecule has 4 aromatic rings. The summed E-state index contributed by atoms with van der Waals surface area (Å²) >= 11 is 3.72. The van der Waals surface area contributed by atoms with Crippen molar-refractivity contribution in [3.8, 4) is 21.8 Å². The molecule has 200 valence electrons. The fourth-order valence-electron chi connectivity index (χ4n) is 4.79. The van der Waals surface area contributed by atoms with Gasteiger partial charge in [0.15, 0.2) is 0 Å². The van der Waals surface area contributed by atoms with Gasteiger partial charge in [-0.05, 0) is 67.8 Å². The molecule has 38 heavy (non-hydrogen) atoms. The normalized spacial score (nSPS) is 14.4. The van der Waals surface area contributed by atoms with Crippen LogP contribution in [0, 0.1) is 0 Å². The van der Waals surface area contributed by atoms with Crippen LogP contribution in [0.2, 0.25) is 0 Å². The van der Waals surface area contributed by atoms with E-state index in [1.54, 1.807) is 47.2 Å². The lowest BCUT2D eigenvalue weighted by atomic mass is 10.1. The molecule has 5 rings (SSSR count). The molecule has 7 nitrogen and oxygen atoms in total. The Kier molecular flexibility index (Phi) is 8.98. The number of carboxylic acid groups (broad SMARTS) is 1. The van der Waals surface area contributed by atoms with Crippen LogP contribution in [-0.2, 0) is 4.74 Å². The van der Waals surface area contributed by atoms with Crippen LogP contribution in [0.3, 0.4) is 0 Å². The zero-order chi connectivity index (χ0) is 26.3. The maximum absolute atomic E-state index is 11.1. The van der Waals surface area contributed by atoms with E-state index >= 15 is 0 Å². The van der Waals surface area contributed by atoms with Crippen molar-refractivity contribution in [2.24, 2.45) is 0 Å². The van der Waals surface area contributed by atoms with Gasteiger partial charge in [-0.15, -0.1) is 0 Å². The van der Waals surface area contributed by atoms with Crippen molar-refractivity contribution in [3.63, 3.8) is 0 Å². The van der Waals surface area contributed by atoms with E-state index in [1.165, 1.54) is 50.0 Å². The van der Waals surface area contributed by atoms with E-state index in [4.69, 9.17) is 19.9 Å². The summed E-state index contributed by atoms with van der Waals surface area (Å²) in [5.41, 5.74) is 4.29. The Hall–Kier alpha value is -2.88. The van der Waals surface area contributed by atoms with Gasteiger partial charge in [0.25, 0.3) is 0 Å². The van der Waals surface area contributed by atoms with Crippen molar-refractivity contribution < 1.29 is 14.6 Å². The van der Waals surface area contributed by atoms with Gasteiger partial charge in [-0.1, -0.05) is 36.3 Å². The molecular weight excluding hydrogens is 516 g/mol. The highest BCUT2D eigenvalue weighted by Gasteiger charge is 2.20. The van der Waals surface area contributed by atoms with Crippen LogP contribution in [0.25, 0.3) is 26.8 Å². The number of thioether (sulfide) groups is 1.